The summed E-state index contributed by atoms with van der Waals surface area (Å²) >= 11 is 0. The molecule has 1 heterocycles. The second kappa shape index (κ2) is 7.32. The minimum absolute atomic E-state index is 0.137. The molecule has 0 aliphatic rings. The molecule has 0 bridgehead atoms. The van der Waals surface area contributed by atoms with Gasteiger partial charge in [0.15, 0.2) is 0 Å². The van der Waals surface area contributed by atoms with E-state index in [1.54, 1.807) is 37.3 Å². The van der Waals surface area contributed by atoms with Gasteiger partial charge in [-0.05, 0) is 19.1 Å². The second-order valence-corrected chi connectivity index (χ2v) is 4.79. The number of nitrogens with zero attached hydrogens (tertiary/aromatic N) is 1. The van der Waals surface area contributed by atoms with Crippen molar-refractivity contribution in [1.29, 1.82) is 0 Å². The summed E-state index contributed by atoms with van der Waals surface area (Å²) in [5, 5.41) is 2.64. The van der Waals surface area contributed by atoms with Crippen molar-refractivity contribution in [2.45, 2.75) is 6.92 Å². The quantitative estimate of drug-likeness (QED) is 0.836. The van der Waals surface area contributed by atoms with E-state index in [2.05, 4.69) is 15.5 Å². The van der Waals surface area contributed by atoms with Crippen LogP contribution >= 0.6 is 0 Å². The summed E-state index contributed by atoms with van der Waals surface area (Å²) in [5.74, 6) is -1.03. The molecule has 8 heteroatoms. The van der Waals surface area contributed by atoms with E-state index in [0.29, 0.717) is 11.3 Å². The molecular weight excluding hydrogens is 314 g/mol. The van der Waals surface area contributed by atoms with Gasteiger partial charge < -0.3 is 14.8 Å². The molecule has 0 spiro atoms. The molecule has 0 fully saturated rings. The Morgan fingerprint density at radius 1 is 1.04 bits per heavy atom. The van der Waals surface area contributed by atoms with Gasteiger partial charge in [0, 0.05) is 5.56 Å². The van der Waals surface area contributed by atoms with E-state index in [9.17, 15) is 14.4 Å². The van der Waals surface area contributed by atoms with Gasteiger partial charge in [-0.15, -0.1) is 0 Å². The van der Waals surface area contributed by atoms with Crippen molar-refractivity contribution in [3.05, 3.63) is 53.3 Å². The monoisotopic (exact) mass is 331 g/mol. The van der Waals surface area contributed by atoms with Gasteiger partial charge >= 0.3 is 12.1 Å². The molecule has 2 amide bonds. The normalized spacial score (nSPS) is 9.96. The van der Waals surface area contributed by atoms with Crippen molar-refractivity contribution in [3.63, 3.8) is 0 Å². The van der Waals surface area contributed by atoms with Gasteiger partial charge in [0.05, 0.1) is 31.8 Å². The topological polar surface area (TPSA) is 98.7 Å². The van der Waals surface area contributed by atoms with Crippen molar-refractivity contribution in [3.8, 4) is 0 Å². The van der Waals surface area contributed by atoms with Crippen molar-refractivity contribution >= 4 is 23.7 Å². The Bertz CT molecular complexity index is 768. The predicted octanol–water partition coefficient (Wildman–Crippen LogP) is 2.15. The van der Waals surface area contributed by atoms with Gasteiger partial charge in [-0.2, -0.15) is 0 Å². The van der Waals surface area contributed by atoms with Gasteiger partial charge in [-0.3, -0.25) is 9.47 Å². The molecule has 0 aliphatic heterocycles. The molecule has 2 aromatic rings. The van der Waals surface area contributed by atoms with E-state index in [-0.39, 0.29) is 11.3 Å². The smallest absolute Gasteiger partial charge is 0.426 e. The molecule has 2 N–H and O–H groups in total. The lowest BCUT2D eigenvalue weighted by Crippen LogP contribution is -2.23. The highest BCUT2D eigenvalue weighted by Crippen LogP contribution is 2.23. The van der Waals surface area contributed by atoms with E-state index in [0.717, 1.165) is 0 Å². The molecule has 8 nitrogen and oxygen atoms in total. The number of amides is 2. The first kappa shape index (κ1) is 17.1. The van der Waals surface area contributed by atoms with Crippen molar-refractivity contribution in [2.75, 3.05) is 25.0 Å². The van der Waals surface area contributed by atoms with E-state index in [1.165, 1.54) is 25.1 Å². The molecule has 0 saturated carbocycles. The zero-order chi connectivity index (χ0) is 17.7. The maximum absolute atomic E-state index is 12.3. The zero-order valence-corrected chi connectivity index (χ0v) is 13.5. The Labute approximate surface area is 138 Å². The summed E-state index contributed by atoms with van der Waals surface area (Å²) < 4.78 is 10.5. The number of esters is 1. The number of rotatable bonds is 4. The van der Waals surface area contributed by atoms with Gasteiger partial charge in [0.25, 0.3) is 5.91 Å². The maximum atomic E-state index is 12.3. The highest BCUT2D eigenvalue weighted by molar-refractivity contribution is 6.08. The van der Waals surface area contributed by atoms with Crippen LogP contribution in [0.4, 0.5) is 10.5 Å². The molecular formula is C16H17N3O5. The van der Waals surface area contributed by atoms with Gasteiger partial charge in [0.1, 0.15) is 5.56 Å². The number of hydrogen-bond donors (Lipinski definition) is 2. The van der Waals surface area contributed by atoms with E-state index in [1.807, 2.05) is 0 Å². The van der Waals surface area contributed by atoms with Crippen LogP contribution in [0.15, 0.2) is 36.5 Å². The molecule has 126 valence electrons. The first-order valence-electron chi connectivity index (χ1n) is 6.99. The number of aromatic nitrogens is 1. The summed E-state index contributed by atoms with van der Waals surface area (Å²) in [6.07, 6.45) is 0.685. The number of carbonyl (C=O) groups excluding carboxylic acids is 3. The Morgan fingerprint density at radius 2 is 1.71 bits per heavy atom. The van der Waals surface area contributed by atoms with Crippen LogP contribution in [0, 0.1) is 6.92 Å². The molecule has 24 heavy (non-hydrogen) atoms. The summed E-state index contributed by atoms with van der Waals surface area (Å²) in [4.78, 5) is 35.7. The van der Waals surface area contributed by atoms with Gasteiger partial charge in [-0.25, -0.2) is 15.0 Å². The number of benzene rings is 1. The summed E-state index contributed by atoms with van der Waals surface area (Å²) in [7, 11) is 2.45. The van der Waals surface area contributed by atoms with E-state index < -0.39 is 18.0 Å². The highest BCUT2D eigenvalue weighted by Gasteiger charge is 2.22. The van der Waals surface area contributed by atoms with Crippen LogP contribution in [0.2, 0.25) is 0 Å². The minimum atomic E-state index is -0.717. The first-order chi connectivity index (χ1) is 11.5. The Hall–Kier alpha value is -3.29. The lowest BCUT2D eigenvalue weighted by Gasteiger charge is -2.07. The van der Waals surface area contributed by atoms with Gasteiger partial charge in [-0.1, -0.05) is 18.2 Å². The molecule has 1 aromatic carbocycles. The number of carbonyl (C=O) groups is 3. The average molecular weight is 331 g/mol. The molecule has 0 aliphatic carbocycles. The van der Waals surface area contributed by atoms with Crippen LogP contribution in [0.5, 0.6) is 0 Å². The fraction of sp³-hybridized carbons (Fsp3) is 0.188. The van der Waals surface area contributed by atoms with Crippen LogP contribution in [-0.2, 0) is 9.47 Å². The third-order valence-corrected chi connectivity index (χ3v) is 3.32. The summed E-state index contributed by atoms with van der Waals surface area (Å²) in [5.41, 5.74) is 3.57. The number of nitrogens with one attached hydrogen (secondary N) is 2. The van der Waals surface area contributed by atoms with Crippen LogP contribution in [0.25, 0.3) is 0 Å². The highest BCUT2D eigenvalue weighted by atomic mass is 16.5. The maximum Gasteiger partial charge on any atom is 0.426 e. The lowest BCUT2D eigenvalue weighted by atomic mass is 10.2. The van der Waals surface area contributed by atoms with E-state index in [4.69, 9.17) is 4.74 Å². The fourth-order valence-corrected chi connectivity index (χ4v) is 2.10. The van der Waals surface area contributed by atoms with Crippen LogP contribution in [0.3, 0.4) is 0 Å². The van der Waals surface area contributed by atoms with Crippen LogP contribution in [-0.4, -0.2) is 36.9 Å². The van der Waals surface area contributed by atoms with Crippen molar-refractivity contribution < 1.29 is 23.9 Å². The third-order valence-electron chi connectivity index (χ3n) is 3.32. The van der Waals surface area contributed by atoms with Gasteiger partial charge in [0.2, 0.25) is 0 Å². The molecule has 0 radical (unpaired) electrons. The average Bonchev–Trinajstić information content (AvgIpc) is 2.90. The molecule has 2 rings (SSSR count). The van der Waals surface area contributed by atoms with Crippen molar-refractivity contribution in [2.24, 2.45) is 0 Å². The number of anilines is 1. The molecule has 1 aromatic heterocycles. The summed E-state index contributed by atoms with van der Waals surface area (Å²) in [6.45, 7) is 1.60. The lowest BCUT2D eigenvalue weighted by molar-refractivity contribution is 0.0601. The number of ether oxygens (including phenoxy) is 2. The standard InChI is InChI=1S/C16H17N3O5/c1-10-13(15(21)23-2)12(9-19(10)18-16(22)24-3)17-14(20)11-7-5-4-6-8-11/h4-9H,1-3H3,(H,17,20)(H,18,22). The van der Waals surface area contributed by atoms with E-state index >= 15 is 0 Å². The SMILES string of the molecule is COC(=O)Nn1cc(NC(=O)c2ccccc2)c(C(=O)OC)c1C. The summed E-state index contributed by atoms with van der Waals surface area (Å²) in [6, 6.07) is 8.53. The molecule has 0 saturated heterocycles. The Morgan fingerprint density at radius 3 is 2.29 bits per heavy atom. The van der Waals surface area contributed by atoms with Crippen LogP contribution < -0.4 is 10.7 Å². The molecule has 0 atom stereocenters. The van der Waals surface area contributed by atoms with Crippen LogP contribution in [0.1, 0.15) is 26.4 Å². The Kier molecular flexibility index (Phi) is 5.20. The van der Waals surface area contributed by atoms with Crippen molar-refractivity contribution in [1.82, 2.24) is 4.68 Å². The third kappa shape index (κ3) is 3.54. The fourth-order valence-electron chi connectivity index (χ4n) is 2.10. The first-order valence-corrected chi connectivity index (χ1v) is 6.99. The number of methoxy groups -OCH3 is 2. The zero-order valence-electron chi connectivity index (χ0n) is 13.5. The minimum Gasteiger partial charge on any atom is -0.465 e. The predicted molar refractivity (Wildman–Crippen MR) is 86.7 cm³/mol. The largest absolute Gasteiger partial charge is 0.465 e. The molecule has 0 unspecified atom stereocenters. The second-order valence-electron chi connectivity index (χ2n) is 4.79. The number of hydrogen-bond acceptors (Lipinski definition) is 5. The Balaban J connectivity index is 2.37.